The molecule has 2 heterocycles. The van der Waals surface area contributed by atoms with Gasteiger partial charge in [0.25, 0.3) is 5.91 Å². The molecular formula is C13H23ClN4O. The summed E-state index contributed by atoms with van der Waals surface area (Å²) in [6.45, 7) is 6.59. The summed E-state index contributed by atoms with van der Waals surface area (Å²) in [5.74, 6) is -0.141. The molecule has 0 saturated carbocycles. The highest BCUT2D eigenvalue weighted by atomic mass is 35.5. The minimum Gasteiger partial charge on any atom is -0.343 e. The van der Waals surface area contributed by atoms with Crippen molar-refractivity contribution in [3.8, 4) is 0 Å². The molecule has 0 spiro atoms. The van der Waals surface area contributed by atoms with Gasteiger partial charge in [-0.2, -0.15) is 5.10 Å². The molecule has 2 rings (SSSR count). The molecule has 0 N–H and O–H groups in total. The summed E-state index contributed by atoms with van der Waals surface area (Å²) in [7, 11) is 5.46. The summed E-state index contributed by atoms with van der Waals surface area (Å²) in [4.78, 5) is 15.6. The van der Waals surface area contributed by atoms with Crippen molar-refractivity contribution in [1.82, 2.24) is 19.6 Å². The van der Waals surface area contributed by atoms with Crippen LogP contribution in [0.5, 0.6) is 0 Å². The predicted molar refractivity (Wildman–Crippen MR) is 77.6 cm³/mol. The van der Waals surface area contributed by atoms with Gasteiger partial charge in [-0.3, -0.25) is 9.48 Å². The summed E-state index contributed by atoms with van der Waals surface area (Å²) < 4.78 is 1.86. The molecule has 0 aliphatic carbocycles. The van der Waals surface area contributed by atoms with E-state index in [9.17, 15) is 4.79 Å². The molecule has 0 fully saturated rings. The van der Waals surface area contributed by atoms with Gasteiger partial charge in [0.05, 0.1) is 10.7 Å². The Labute approximate surface area is 120 Å². The Hall–Kier alpha value is -1.07. The second kappa shape index (κ2) is 6.91. The topological polar surface area (TPSA) is 41.4 Å². The first kappa shape index (κ1) is 16.0. The van der Waals surface area contributed by atoms with E-state index in [2.05, 4.69) is 10.00 Å². The van der Waals surface area contributed by atoms with Gasteiger partial charge >= 0.3 is 0 Å². The van der Waals surface area contributed by atoms with Crippen LogP contribution < -0.4 is 0 Å². The maximum atomic E-state index is 11.9. The summed E-state index contributed by atoms with van der Waals surface area (Å²) in [5, 5.41) is 4.83. The van der Waals surface area contributed by atoms with Crippen LogP contribution in [0.4, 0.5) is 0 Å². The van der Waals surface area contributed by atoms with Crippen molar-refractivity contribution in [2.45, 2.75) is 33.4 Å². The highest BCUT2D eigenvalue weighted by Gasteiger charge is 2.24. The lowest BCUT2D eigenvalue weighted by Crippen LogP contribution is -2.23. The molecule has 0 atom stereocenters. The minimum atomic E-state index is -0.141. The van der Waals surface area contributed by atoms with E-state index in [4.69, 9.17) is 11.6 Å². The van der Waals surface area contributed by atoms with Crippen LogP contribution in [0.2, 0.25) is 5.02 Å². The summed E-state index contributed by atoms with van der Waals surface area (Å²) in [5.41, 5.74) is 1.30. The Kier molecular flexibility index (Phi) is 5.82. The van der Waals surface area contributed by atoms with Crippen molar-refractivity contribution in [1.29, 1.82) is 0 Å². The summed E-state index contributed by atoms with van der Waals surface area (Å²) in [6.07, 6.45) is 1.02. The summed E-state index contributed by atoms with van der Waals surface area (Å²) in [6, 6.07) is 0. The van der Waals surface area contributed by atoms with Crippen LogP contribution in [-0.2, 0) is 13.1 Å². The van der Waals surface area contributed by atoms with Crippen LogP contribution >= 0.6 is 11.6 Å². The molecule has 0 aromatic carbocycles. The molecule has 0 unspecified atom stereocenters. The third-order valence-electron chi connectivity index (χ3n) is 2.93. The average molecular weight is 287 g/mol. The highest BCUT2D eigenvalue weighted by molar-refractivity contribution is 6.34. The van der Waals surface area contributed by atoms with E-state index in [0.29, 0.717) is 10.7 Å². The van der Waals surface area contributed by atoms with E-state index in [1.807, 2.05) is 25.6 Å². The third-order valence-corrected chi connectivity index (χ3v) is 3.33. The van der Waals surface area contributed by atoms with E-state index in [-0.39, 0.29) is 5.91 Å². The van der Waals surface area contributed by atoms with Crippen molar-refractivity contribution in [3.05, 3.63) is 16.4 Å². The van der Waals surface area contributed by atoms with E-state index >= 15 is 0 Å². The minimum absolute atomic E-state index is 0.141. The number of hydrogen-bond donors (Lipinski definition) is 0. The Morgan fingerprint density at radius 2 is 1.95 bits per heavy atom. The van der Waals surface area contributed by atoms with Crippen LogP contribution in [0.3, 0.4) is 0 Å². The van der Waals surface area contributed by atoms with Crippen LogP contribution in [0.1, 0.15) is 36.5 Å². The van der Waals surface area contributed by atoms with E-state index < -0.39 is 0 Å². The number of nitrogens with zero attached hydrogens (tertiary/aromatic N) is 4. The fourth-order valence-corrected chi connectivity index (χ4v) is 2.26. The quantitative estimate of drug-likeness (QED) is 0.794. The standard InChI is InChI=1S/C11H17ClN4O.C2H6/c1-14(2)11(17)10-9(12)8-7-15(3)5-4-6-16(8)13-10;1-2/h4-7H2,1-3H3;1-2H3. The molecular weight excluding hydrogens is 264 g/mol. The zero-order valence-electron chi connectivity index (χ0n) is 12.4. The number of fused-ring (bicyclic) bond motifs is 1. The lowest BCUT2D eigenvalue weighted by Gasteiger charge is -2.12. The van der Waals surface area contributed by atoms with Crippen molar-refractivity contribution in [3.63, 3.8) is 0 Å². The largest absolute Gasteiger partial charge is 0.343 e. The Balaban J connectivity index is 0.000000861. The van der Waals surface area contributed by atoms with Gasteiger partial charge < -0.3 is 9.80 Å². The Morgan fingerprint density at radius 1 is 1.32 bits per heavy atom. The number of hydrogen-bond acceptors (Lipinski definition) is 3. The Bertz CT molecular complexity index is 442. The second-order valence-electron chi connectivity index (χ2n) is 4.62. The monoisotopic (exact) mass is 286 g/mol. The van der Waals surface area contributed by atoms with Crippen molar-refractivity contribution >= 4 is 17.5 Å². The van der Waals surface area contributed by atoms with Gasteiger partial charge in [-0.1, -0.05) is 25.4 Å². The van der Waals surface area contributed by atoms with Crippen LogP contribution in [0.15, 0.2) is 0 Å². The molecule has 1 aromatic heterocycles. The number of halogens is 1. The average Bonchev–Trinajstić information content (AvgIpc) is 2.58. The number of aryl methyl sites for hydroxylation is 1. The van der Waals surface area contributed by atoms with Gasteiger partial charge in [-0.25, -0.2) is 0 Å². The zero-order valence-corrected chi connectivity index (χ0v) is 13.2. The van der Waals surface area contributed by atoms with Crippen molar-refractivity contribution in [2.24, 2.45) is 0 Å². The van der Waals surface area contributed by atoms with Gasteiger partial charge in [0.15, 0.2) is 5.69 Å². The Morgan fingerprint density at radius 3 is 2.53 bits per heavy atom. The molecule has 0 bridgehead atoms. The molecule has 1 aliphatic rings. The van der Waals surface area contributed by atoms with Crippen LogP contribution in [-0.4, -0.2) is 53.2 Å². The van der Waals surface area contributed by atoms with Gasteiger partial charge in [0, 0.05) is 33.7 Å². The lowest BCUT2D eigenvalue weighted by atomic mass is 10.3. The third kappa shape index (κ3) is 3.48. The van der Waals surface area contributed by atoms with E-state index in [1.165, 1.54) is 4.90 Å². The number of carbonyl (C=O) groups is 1. The molecule has 19 heavy (non-hydrogen) atoms. The van der Waals surface area contributed by atoms with Crippen LogP contribution in [0.25, 0.3) is 0 Å². The molecule has 108 valence electrons. The van der Waals surface area contributed by atoms with Gasteiger partial charge in [0.2, 0.25) is 0 Å². The zero-order chi connectivity index (χ0) is 14.6. The molecule has 1 aliphatic heterocycles. The van der Waals surface area contributed by atoms with Gasteiger partial charge in [0.1, 0.15) is 0 Å². The normalized spacial score (nSPS) is 15.1. The molecule has 6 heteroatoms. The van der Waals surface area contributed by atoms with Gasteiger partial charge in [-0.15, -0.1) is 0 Å². The maximum Gasteiger partial charge on any atom is 0.275 e. The van der Waals surface area contributed by atoms with E-state index in [0.717, 1.165) is 31.7 Å². The molecule has 1 amide bonds. The van der Waals surface area contributed by atoms with E-state index in [1.54, 1.807) is 14.1 Å². The molecule has 1 aromatic rings. The second-order valence-corrected chi connectivity index (χ2v) is 5.00. The predicted octanol–water partition coefficient (Wildman–Crippen LogP) is 2.10. The van der Waals surface area contributed by atoms with Gasteiger partial charge in [-0.05, 0) is 13.5 Å². The molecule has 5 nitrogen and oxygen atoms in total. The maximum absolute atomic E-state index is 11.9. The number of amides is 1. The summed E-state index contributed by atoms with van der Waals surface area (Å²) >= 11 is 6.26. The first-order valence-electron chi connectivity index (χ1n) is 6.66. The van der Waals surface area contributed by atoms with Crippen LogP contribution in [0, 0.1) is 0 Å². The highest BCUT2D eigenvalue weighted by Crippen LogP contribution is 2.25. The SMILES string of the molecule is CC.CN1CCCn2nc(C(=O)N(C)C)c(Cl)c2C1. The van der Waals surface area contributed by atoms with Crippen molar-refractivity contribution in [2.75, 3.05) is 27.7 Å². The number of carbonyl (C=O) groups excluding carboxylic acids is 1. The lowest BCUT2D eigenvalue weighted by molar-refractivity contribution is 0.0821. The fraction of sp³-hybridized carbons (Fsp3) is 0.692. The van der Waals surface area contributed by atoms with Crippen molar-refractivity contribution < 1.29 is 4.79 Å². The fourth-order valence-electron chi connectivity index (χ4n) is 1.98. The molecule has 0 saturated heterocycles. The smallest absolute Gasteiger partial charge is 0.275 e. The molecule has 0 radical (unpaired) electrons. The number of aromatic nitrogens is 2. The first-order chi connectivity index (χ1) is 9.00. The first-order valence-corrected chi connectivity index (χ1v) is 7.04. The number of rotatable bonds is 1.